The number of carbonyl (C=O) groups is 1. The molecule has 1 aromatic heterocycles. The Balaban J connectivity index is 0.00000225. The first-order valence-electron chi connectivity index (χ1n) is 8.32. The molecule has 25 heavy (non-hydrogen) atoms. The van der Waals surface area contributed by atoms with Gasteiger partial charge in [0.25, 0.3) is 5.91 Å². The van der Waals surface area contributed by atoms with Gasteiger partial charge in [0, 0.05) is 0 Å². The van der Waals surface area contributed by atoms with Gasteiger partial charge in [0.1, 0.15) is 12.4 Å². The summed E-state index contributed by atoms with van der Waals surface area (Å²) < 4.78 is 7.39. The van der Waals surface area contributed by atoms with Crippen LogP contribution in [0.1, 0.15) is 34.9 Å². The summed E-state index contributed by atoms with van der Waals surface area (Å²) in [4.78, 5) is 12.1. The Morgan fingerprint density at radius 3 is 2.76 bits per heavy atom. The largest absolute Gasteiger partial charge is 0.492 e. The quantitative estimate of drug-likeness (QED) is 0.762. The number of rotatable bonds is 6. The van der Waals surface area contributed by atoms with Crippen LogP contribution in [0, 0.1) is 6.92 Å². The zero-order valence-corrected chi connectivity index (χ0v) is 15.1. The van der Waals surface area contributed by atoms with Gasteiger partial charge in [0.2, 0.25) is 0 Å². The zero-order chi connectivity index (χ0) is 16.8. The molecule has 3 rings (SSSR count). The van der Waals surface area contributed by atoms with E-state index in [9.17, 15) is 4.79 Å². The van der Waals surface area contributed by atoms with Gasteiger partial charge < -0.3 is 15.4 Å². The smallest absolute Gasteiger partial charge is 0.273 e. The molecule has 7 nitrogen and oxygen atoms in total. The third kappa shape index (κ3) is 5.44. The highest BCUT2D eigenvalue weighted by Gasteiger charge is 2.18. The Bertz CT molecular complexity index is 668. The highest BCUT2D eigenvalue weighted by molar-refractivity contribution is 5.91. The molecule has 0 saturated carbocycles. The van der Waals surface area contributed by atoms with E-state index >= 15 is 0 Å². The predicted octanol–water partition coefficient (Wildman–Crippen LogP) is 1.74. The summed E-state index contributed by atoms with van der Waals surface area (Å²) in [7, 11) is 0. The van der Waals surface area contributed by atoms with Crippen LogP contribution >= 0.6 is 12.4 Å². The summed E-state index contributed by atoms with van der Waals surface area (Å²) in [5.74, 6) is 0.578. The van der Waals surface area contributed by atoms with Gasteiger partial charge in [-0.3, -0.25) is 4.79 Å². The van der Waals surface area contributed by atoms with Crippen molar-refractivity contribution >= 4 is 18.3 Å². The first kappa shape index (κ1) is 19.2. The van der Waals surface area contributed by atoms with Crippen molar-refractivity contribution in [2.24, 2.45) is 0 Å². The van der Waals surface area contributed by atoms with Gasteiger partial charge in [-0.25, -0.2) is 4.68 Å². The molecule has 136 valence electrons. The van der Waals surface area contributed by atoms with E-state index in [-0.39, 0.29) is 18.3 Å². The van der Waals surface area contributed by atoms with Crippen LogP contribution in [-0.2, 0) is 0 Å². The summed E-state index contributed by atoms with van der Waals surface area (Å²) in [5.41, 5.74) is 1.54. The van der Waals surface area contributed by atoms with Gasteiger partial charge in [0.05, 0.1) is 18.8 Å². The van der Waals surface area contributed by atoms with Gasteiger partial charge >= 0.3 is 0 Å². The molecule has 0 aliphatic carbocycles. The van der Waals surface area contributed by atoms with Crippen LogP contribution < -0.4 is 15.4 Å². The van der Waals surface area contributed by atoms with E-state index in [0.29, 0.717) is 24.9 Å². The standard InChI is InChI=1S/C17H23N5O2.ClH/c1-13-2-4-15(5-3-13)24-11-10-19-17(23)16-12-22(21-20-16)14-6-8-18-9-7-14;/h2-5,12,14,18H,6-11H2,1H3,(H,19,23);1H. The van der Waals surface area contributed by atoms with Crippen molar-refractivity contribution in [2.75, 3.05) is 26.2 Å². The van der Waals surface area contributed by atoms with Crippen LogP contribution in [0.4, 0.5) is 0 Å². The third-order valence-electron chi connectivity index (χ3n) is 4.10. The van der Waals surface area contributed by atoms with Gasteiger partial charge in [-0.05, 0) is 45.0 Å². The summed E-state index contributed by atoms with van der Waals surface area (Å²) >= 11 is 0. The van der Waals surface area contributed by atoms with E-state index in [2.05, 4.69) is 20.9 Å². The lowest BCUT2D eigenvalue weighted by Crippen LogP contribution is -2.30. The highest BCUT2D eigenvalue weighted by Crippen LogP contribution is 2.17. The minimum atomic E-state index is -0.220. The summed E-state index contributed by atoms with van der Waals surface area (Å²) in [5, 5.41) is 14.2. The average Bonchev–Trinajstić information content (AvgIpc) is 3.11. The molecule has 2 heterocycles. The SMILES string of the molecule is Cc1ccc(OCCNC(=O)c2cn(C3CCNCC3)nn2)cc1.Cl. The number of hydrogen-bond acceptors (Lipinski definition) is 5. The molecular weight excluding hydrogens is 342 g/mol. The fraction of sp³-hybridized carbons (Fsp3) is 0.471. The molecule has 0 unspecified atom stereocenters. The number of carbonyl (C=O) groups excluding carboxylic acids is 1. The monoisotopic (exact) mass is 365 g/mol. The van der Waals surface area contributed by atoms with E-state index in [1.165, 1.54) is 5.56 Å². The Labute approximate surface area is 153 Å². The summed E-state index contributed by atoms with van der Waals surface area (Å²) in [6.07, 6.45) is 3.75. The molecular formula is C17H24ClN5O2. The third-order valence-corrected chi connectivity index (χ3v) is 4.10. The second kappa shape index (κ2) is 9.39. The van der Waals surface area contributed by atoms with E-state index < -0.39 is 0 Å². The Morgan fingerprint density at radius 2 is 2.04 bits per heavy atom. The molecule has 1 amide bonds. The van der Waals surface area contributed by atoms with Crippen LogP contribution in [0.5, 0.6) is 5.75 Å². The predicted molar refractivity (Wildman–Crippen MR) is 97.4 cm³/mol. The molecule has 1 aliphatic rings. The van der Waals surface area contributed by atoms with Gasteiger partial charge in [-0.2, -0.15) is 0 Å². The van der Waals surface area contributed by atoms with Gasteiger partial charge in [-0.1, -0.05) is 22.9 Å². The second-order valence-corrected chi connectivity index (χ2v) is 5.98. The molecule has 8 heteroatoms. The number of aryl methyl sites for hydroxylation is 1. The topological polar surface area (TPSA) is 81.1 Å². The normalized spacial score (nSPS) is 14.6. The van der Waals surface area contributed by atoms with Crippen molar-refractivity contribution in [2.45, 2.75) is 25.8 Å². The van der Waals surface area contributed by atoms with Crippen molar-refractivity contribution in [3.63, 3.8) is 0 Å². The Hall–Kier alpha value is -2.12. The first-order valence-corrected chi connectivity index (χ1v) is 8.32. The summed E-state index contributed by atoms with van der Waals surface area (Å²) in [6, 6.07) is 8.15. The molecule has 0 atom stereocenters. The van der Waals surface area contributed by atoms with Crippen LogP contribution in [0.15, 0.2) is 30.5 Å². The fourth-order valence-corrected chi connectivity index (χ4v) is 2.69. The molecule has 1 saturated heterocycles. The van der Waals surface area contributed by atoms with Crippen LogP contribution in [0.2, 0.25) is 0 Å². The van der Waals surface area contributed by atoms with E-state index in [0.717, 1.165) is 31.7 Å². The van der Waals surface area contributed by atoms with E-state index in [1.54, 1.807) is 10.9 Å². The molecule has 1 aliphatic heterocycles. The minimum absolute atomic E-state index is 0. The van der Waals surface area contributed by atoms with Crippen molar-refractivity contribution in [1.82, 2.24) is 25.6 Å². The van der Waals surface area contributed by atoms with Gasteiger partial charge in [0.15, 0.2) is 5.69 Å². The number of aromatic nitrogens is 3. The molecule has 2 N–H and O–H groups in total. The van der Waals surface area contributed by atoms with Crippen molar-refractivity contribution in [1.29, 1.82) is 0 Å². The molecule has 1 aromatic carbocycles. The lowest BCUT2D eigenvalue weighted by molar-refractivity contribution is 0.0942. The highest BCUT2D eigenvalue weighted by atomic mass is 35.5. The first-order chi connectivity index (χ1) is 11.7. The maximum atomic E-state index is 12.1. The maximum absolute atomic E-state index is 12.1. The average molecular weight is 366 g/mol. The van der Waals surface area contributed by atoms with Crippen LogP contribution in [-0.4, -0.2) is 47.1 Å². The molecule has 0 spiro atoms. The summed E-state index contributed by atoms with van der Waals surface area (Å²) in [6.45, 7) is 4.82. The molecule has 2 aromatic rings. The molecule has 0 radical (unpaired) electrons. The Kier molecular flexibility index (Phi) is 7.21. The number of benzene rings is 1. The second-order valence-electron chi connectivity index (χ2n) is 5.98. The van der Waals surface area contributed by atoms with Crippen molar-refractivity contribution in [3.8, 4) is 5.75 Å². The van der Waals surface area contributed by atoms with E-state index in [4.69, 9.17) is 4.74 Å². The minimum Gasteiger partial charge on any atom is -0.492 e. The molecule has 1 fully saturated rings. The van der Waals surface area contributed by atoms with E-state index in [1.807, 2.05) is 31.2 Å². The lowest BCUT2D eigenvalue weighted by Gasteiger charge is -2.22. The Morgan fingerprint density at radius 1 is 1.32 bits per heavy atom. The van der Waals surface area contributed by atoms with Gasteiger partial charge in [-0.15, -0.1) is 17.5 Å². The number of ether oxygens (including phenoxy) is 1. The number of nitrogens with one attached hydrogen (secondary N) is 2. The number of hydrogen-bond donors (Lipinski definition) is 2. The van der Waals surface area contributed by atoms with Crippen LogP contribution in [0.3, 0.4) is 0 Å². The van der Waals surface area contributed by atoms with Crippen LogP contribution in [0.25, 0.3) is 0 Å². The fourth-order valence-electron chi connectivity index (χ4n) is 2.69. The number of halogens is 1. The van der Waals surface area contributed by atoms with Crippen molar-refractivity contribution < 1.29 is 9.53 Å². The maximum Gasteiger partial charge on any atom is 0.273 e. The lowest BCUT2D eigenvalue weighted by atomic mass is 10.1. The number of nitrogens with zero attached hydrogens (tertiary/aromatic N) is 3. The molecule has 0 bridgehead atoms. The number of amides is 1. The number of piperidine rings is 1. The van der Waals surface area contributed by atoms with Crippen molar-refractivity contribution in [3.05, 3.63) is 41.7 Å². The zero-order valence-electron chi connectivity index (χ0n) is 14.3.